The molecule has 1 saturated heterocycles. The van der Waals surface area contributed by atoms with Gasteiger partial charge in [-0.3, -0.25) is 9.69 Å². The Morgan fingerprint density at radius 3 is 2.00 bits per heavy atom. The lowest BCUT2D eigenvalue weighted by molar-refractivity contribution is -0.133. The van der Waals surface area contributed by atoms with Gasteiger partial charge in [0, 0.05) is 32.6 Å². The van der Waals surface area contributed by atoms with Gasteiger partial charge in [0.05, 0.1) is 0 Å². The number of piperazine rings is 1. The molecule has 1 rings (SSSR count). The smallest absolute Gasteiger partial charge is 0.222 e. The number of nitrogens with zero attached hydrogens (tertiary/aromatic N) is 2. The fourth-order valence-corrected chi connectivity index (χ4v) is 2.93. The zero-order chi connectivity index (χ0) is 15.7. The summed E-state index contributed by atoms with van der Waals surface area (Å²) in [4.78, 5) is 16.7. The van der Waals surface area contributed by atoms with Crippen LogP contribution in [-0.4, -0.2) is 48.4 Å². The number of rotatable bonds is 9. The molecule has 3 nitrogen and oxygen atoms in total. The lowest BCUT2D eigenvalue weighted by atomic mass is 10.1. The van der Waals surface area contributed by atoms with Crippen molar-refractivity contribution < 1.29 is 4.79 Å². The summed E-state index contributed by atoms with van der Waals surface area (Å²) < 4.78 is 0. The van der Waals surface area contributed by atoms with Crippen LogP contribution in [0.25, 0.3) is 0 Å². The van der Waals surface area contributed by atoms with Crippen LogP contribution in [0.4, 0.5) is 0 Å². The molecule has 1 amide bonds. The third-order valence-corrected chi connectivity index (χ3v) is 4.40. The average Bonchev–Trinajstić information content (AvgIpc) is 2.43. The minimum atomic E-state index is 0.370. The van der Waals surface area contributed by atoms with Gasteiger partial charge in [0.25, 0.3) is 0 Å². The molecule has 0 bridgehead atoms. The fourth-order valence-electron chi connectivity index (χ4n) is 2.93. The maximum Gasteiger partial charge on any atom is 0.222 e. The van der Waals surface area contributed by atoms with E-state index < -0.39 is 0 Å². The summed E-state index contributed by atoms with van der Waals surface area (Å²) >= 11 is 0. The first-order valence-corrected chi connectivity index (χ1v) is 8.99. The highest BCUT2D eigenvalue weighted by molar-refractivity contribution is 5.76. The Hall–Kier alpha value is -0.570. The highest BCUT2D eigenvalue weighted by atomic mass is 16.2. The lowest BCUT2D eigenvalue weighted by Gasteiger charge is -2.35. The molecule has 1 aliphatic rings. The third-order valence-electron chi connectivity index (χ3n) is 4.40. The number of hydrogen-bond donors (Lipinski definition) is 0. The first-order chi connectivity index (χ1) is 9.99. The summed E-state index contributed by atoms with van der Waals surface area (Å²) in [7, 11) is 0. The van der Waals surface area contributed by atoms with Crippen molar-refractivity contribution in [3.63, 3.8) is 0 Å². The molecule has 1 aliphatic heterocycles. The molecule has 0 spiro atoms. The van der Waals surface area contributed by atoms with E-state index in [1.54, 1.807) is 0 Å². The monoisotopic (exact) mass is 296 g/mol. The van der Waals surface area contributed by atoms with E-state index in [4.69, 9.17) is 0 Å². The standard InChI is InChI=1S/C18H36N2O/c1-16(2)8-5-6-11-19-12-14-20(15-13-19)18(21)10-7-9-17(3)4/h16-17H,5-15H2,1-4H3. The predicted octanol–water partition coefficient (Wildman–Crippen LogP) is 3.78. The van der Waals surface area contributed by atoms with Gasteiger partial charge in [-0.15, -0.1) is 0 Å². The van der Waals surface area contributed by atoms with Gasteiger partial charge >= 0.3 is 0 Å². The Morgan fingerprint density at radius 2 is 1.43 bits per heavy atom. The Kier molecular flexibility index (Phi) is 8.98. The summed E-state index contributed by atoms with van der Waals surface area (Å²) in [5.74, 6) is 1.90. The maximum absolute atomic E-state index is 12.1. The number of hydrogen-bond acceptors (Lipinski definition) is 2. The Labute approximate surface area is 132 Å². The molecule has 0 aromatic carbocycles. The van der Waals surface area contributed by atoms with Crippen molar-refractivity contribution in [3.8, 4) is 0 Å². The molecule has 1 fully saturated rings. The topological polar surface area (TPSA) is 23.6 Å². The van der Waals surface area contributed by atoms with Gasteiger partial charge in [-0.1, -0.05) is 47.0 Å². The van der Waals surface area contributed by atoms with Crippen molar-refractivity contribution in [2.45, 2.75) is 66.2 Å². The summed E-state index contributed by atoms with van der Waals surface area (Å²) in [6.07, 6.45) is 6.95. The minimum absolute atomic E-state index is 0.370. The normalized spacial score (nSPS) is 17.0. The van der Waals surface area contributed by atoms with E-state index in [2.05, 4.69) is 37.5 Å². The summed E-state index contributed by atoms with van der Waals surface area (Å²) in [5, 5.41) is 0. The first kappa shape index (κ1) is 18.5. The van der Waals surface area contributed by atoms with Crippen molar-refractivity contribution in [1.82, 2.24) is 9.80 Å². The number of carbonyl (C=O) groups excluding carboxylic acids is 1. The van der Waals surface area contributed by atoms with Gasteiger partial charge in [-0.25, -0.2) is 0 Å². The molecule has 0 unspecified atom stereocenters. The molecule has 3 heteroatoms. The van der Waals surface area contributed by atoms with Crippen LogP contribution in [-0.2, 0) is 4.79 Å². The Morgan fingerprint density at radius 1 is 0.857 bits per heavy atom. The van der Waals surface area contributed by atoms with Crippen molar-refractivity contribution in [3.05, 3.63) is 0 Å². The molecule has 0 atom stereocenters. The summed E-state index contributed by atoms with van der Waals surface area (Å²) in [6, 6.07) is 0. The average molecular weight is 296 g/mol. The predicted molar refractivity (Wildman–Crippen MR) is 90.4 cm³/mol. The SMILES string of the molecule is CC(C)CCCCN1CCN(C(=O)CCCC(C)C)CC1. The number of carbonyl (C=O) groups is 1. The highest BCUT2D eigenvalue weighted by Crippen LogP contribution is 2.11. The van der Waals surface area contributed by atoms with E-state index in [0.717, 1.165) is 44.9 Å². The lowest BCUT2D eigenvalue weighted by Crippen LogP contribution is -2.48. The van der Waals surface area contributed by atoms with Crippen LogP contribution in [0.5, 0.6) is 0 Å². The largest absolute Gasteiger partial charge is 0.340 e. The summed E-state index contributed by atoms with van der Waals surface area (Å²) in [6.45, 7) is 14.3. The molecule has 21 heavy (non-hydrogen) atoms. The number of amides is 1. The molecule has 0 aromatic heterocycles. The van der Waals surface area contributed by atoms with Gasteiger partial charge in [-0.05, 0) is 31.2 Å². The van der Waals surface area contributed by atoms with E-state index in [-0.39, 0.29) is 0 Å². The molecule has 1 heterocycles. The van der Waals surface area contributed by atoms with Crippen LogP contribution >= 0.6 is 0 Å². The Balaban J connectivity index is 2.09. The number of unbranched alkanes of at least 4 members (excludes halogenated alkanes) is 1. The van der Waals surface area contributed by atoms with Crippen molar-refractivity contribution in [2.24, 2.45) is 11.8 Å². The molecular formula is C18H36N2O. The minimum Gasteiger partial charge on any atom is -0.340 e. The van der Waals surface area contributed by atoms with Crippen LogP contribution in [0.15, 0.2) is 0 Å². The van der Waals surface area contributed by atoms with Crippen LogP contribution in [0.3, 0.4) is 0 Å². The molecule has 124 valence electrons. The van der Waals surface area contributed by atoms with E-state index in [0.29, 0.717) is 11.8 Å². The van der Waals surface area contributed by atoms with E-state index in [1.165, 1.54) is 32.2 Å². The van der Waals surface area contributed by atoms with Gasteiger partial charge < -0.3 is 4.90 Å². The van der Waals surface area contributed by atoms with Gasteiger partial charge in [-0.2, -0.15) is 0 Å². The van der Waals surface area contributed by atoms with E-state index >= 15 is 0 Å². The molecular weight excluding hydrogens is 260 g/mol. The van der Waals surface area contributed by atoms with Crippen LogP contribution in [0, 0.1) is 11.8 Å². The zero-order valence-electron chi connectivity index (χ0n) is 14.7. The molecule has 0 N–H and O–H groups in total. The van der Waals surface area contributed by atoms with Crippen LogP contribution in [0.1, 0.15) is 66.2 Å². The highest BCUT2D eigenvalue weighted by Gasteiger charge is 2.20. The molecule has 0 aliphatic carbocycles. The molecule has 0 aromatic rings. The van der Waals surface area contributed by atoms with E-state index in [1.807, 2.05) is 0 Å². The van der Waals surface area contributed by atoms with Crippen molar-refractivity contribution >= 4 is 5.91 Å². The second-order valence-corrected chi connectivity index (χ2v) is 7.40. The Bertz CT molecular complexity index is 281. The molecule has 0 saturated carbocycles. The van der Waals surface area contributed by atoms with Crippen LogP contribution < -0.4 is 0 Å². The van der Waals surface area contributed by atoms with Gasteiger partial charge in [0.15, 0.2) is 0 Å². The zero-order valence-corrected chi connectivity index (χ0v) is 14.7. The van der Waals surface area contributed by atoms with Crippen molar-refractivity contribution in [2.75, 3.05) is 32.7 Å². The molecule has 0 radical (unpaired) electrons. The second kappa shape index (κ2) is 10.2. The van der Waals surface area contributed by atoms with E-state index in [9.17, 15) is 4.79 Å². The van der Waals surface area contributed by atoms with Gasteiger partial charge in [0.2, 0.25) is 5.91 Å². The quantitative estimate of drug-likeness (QED) is 0.604. The third kappa shape index (κ3) is 8.45. The van der Waals surface area contributed by atoms with Crippen LogP contribution in [0.2, 0.25) is 0 Å². The first-order valence-electron chi connectivity index (χ1n) is 8.99. The van der Waals surface area contributed by atoms with Crippen molar-refractivity contribution in [1.29, 1.82) is 0 Å². The maximum atomic E-state index is 12.1. The van der Waals surface area contributed by atoms with Gasteiger partial charge in [0.1, 0.15) is 0 Å². The summed E-state index contributed by atoms with van der Waals surface area (Å²) in [5.41, 5.74) is 0. The fraction of sp³-hybridized carbons (Fsp3) is 0.944. The second-order valence-electron chi connectivity index (χ2n) is 7.40.